The van der Waals surface area contributed by atoms with Crippen molar-refractivity contribution in [3.8, 4) is 17.2 Å². The van der Waals surface area contributed by atoms with E-state index in [9.17, 15) is 9.59 Å². The van der Waals surface area contributed by atoms with Crippen molar-refractivity contribution < 1.29 is 23.8 Å². The molecule has 29 heavy (non-hydrogen) atoms. The van der Waals surface area contributed by atoms with Crippen LogP contribution >= 0.6 is 0 Å². The maximum atomic E-state index is 12.7. The number of hydrogen-bond acceptors (Lipinski definition) is 5. The lowest BCUT2D eigenvalue weighted by atomic mass is 10.1. The third kappa shape index (κ3) is 4.80. The Morgan fingerprint density at radius 2 is 1.76 bits per heavy atom. The van der Waals surface area contributed by atoms with Gasteiger partial charge in [-0.1, -0.05) is 0 Å². The highest BCUT2D eigenvalue weighted by atomic mass is 16.5. The summed E-state index contributed by atoms with van der Waals surface area (Å²) in [6.07, 6.45) is 0.247. The Balaban J connectivity index is 1.66. The summed E-state index contributed by atoms with van der Waals surface area (Å²) >= 11 is 0. The summed E-state index contributed by atoms with van der Waals surface area (Å²) in [5, 5.41) is 2.88. The van der Waals surface area contributed by atoms with Crippen LogP contribution in [0.15, 0.2) is 42.5 Å². The van der Waals surface area contributed by atoms with E-state index < -0.39 is 5.92 Å². The van der Waals surface area contributed by atoms with E-state index in [2.05, 4.69) is 5.32 Å². The van der Waals surface area contributed by atoms with E-state index in [0.717, 1.165) is 5.75 Å². The highest BCUT2D eigenvalue weighted by Gasteiger charge is 2.35. The lowest BCUT2D eigenvalue weighted by Gasteiger charge is -2.18. The van der Waals surface area contributed by atoms with Crippen LogP contribution < -0.4 is 24.4 Å². The van der Waals surface area contributed by atoms with Gasteiger partial charge in [0.1, 0.15) is 5.75 Å². The molecule has 2 amide bonds. The lowest BCUT2D eigenvalue weighted by molar-refractivity contribution is -0.122. The molecule has 1 unspecified atom stereocenters. The normalized spacial score (nSPS) is 16.1. The molecule has 2 aromatic rings. The number of nitrogens with zero attached hydrogens (tertiary/aromatic N) is 1. The molecule has 0 radical (unpaired) electrons. The second-order valence-corrected chi connectivity index (χ2v) is 7.12. The van der Waals surface area contributed by atoms with Gasteiger partial charge < -0.3 is 24.4 Å². The molecule has 1 saturated heterocycles. The zero-order valence-electron chi connectivity index (χ0n) is 17.1. The standard InChI is InChI=1S/C22H26N2O5/c1-14(2)29-18-8-5-16(6-9-18)23-22(26)15-11-21(25)24(13-15)17-7-10-19(27-3)20(12-17)28-4/h5-10,12,14-15H,11,13H2,1-4H3,(H,23,26). The largest absolute Gasteiger partial charge is 0.493 e. The van der Waals surface area contributed by atoms with E-state index in [1.807, 2.05) is 26.0 Å². The van der Waals surface area contributed by atoms with Gasteiger partial charge in [0, 0.05) is 30.4 Å². The van der Waals surface area contributed by atoms with Crippen LogP contribution in [-0.2, 0) is 9.59 Å². The fourth-order valence-electron chi connectivity index (χ4n) is 3.26. The molecule has 2 aromatic carbocycles. The summed E-state index contributed by atoms with van der Waals surface area (Å²) in [6, 6.07) is 12.5. The fourth-order valence-corrected chi connectivity index (χ4v) is 3.26. The van der Waals surface area contributed by atoms with Gasteiger partial charge in [0.15, 0.2) is 11.5 Å². The molecular formula is C22H26N2O5. The molecule has 154 valence electrons. The average Bonchev–Trinajstić information content (AvgIpc) is 3.10. The van der Waals surface area contributed by atoms with Crippen LogP contribution in [0.3, 0.4) is 0 Å². The molecule has 3 rings (SSSR count). The number of methoxy groups -OCH3 is 2. The quantitative estimate of drug-likeness (QED) is 0.773. The summed E-state index contributed by atoms with van der Waals surface area (Å²) in [5.74, 6) is 1.16. The van der Waals surface area contributed by atoms with Crippen molar-refractivity contribution in [3.63, 3.8) is 0 Å². The SMILES string of the molecule is COc1ccc(N2CC(C(=O)Nc3ccc(OC(C)C)cc3)CC2=O)cc1OC. The van der Waals surface area contributed by atoms with Crippen LogP contribution in [-0.4, -0.2) is 38.7 Å². The lowest BCUT2D eigenvalue weighted by Crippen LogP contribution is -2.28. The molecule has 1 atom stereocenters. The van der Waals surface area contributed by atoms with Gasteiger partial charge in [-0.3, -0.25) is 9.59 Å². The van der Waals surface area contributed by atoms with Gasteiger partial charge in [0.05, 0.1) is 26.2 Å². The summed E-state index contributed by atoms with van der Waals surface area (Å²) in [6.45, 7) is 4.22. The van der Waals surface area contributed by atoms with E-state index in [1.165, 1.54) is 0 Å². The van der Waals surface area contributed by atoms with Gasteiger partial charge in [-0.05, 0) is 50.2 Å². The fraction of sp³-hybridized carbons (Fsp3) is 0.364. The van der Waals surface area contributed by atoms with Gasteiger partial charge >= 0.3 is 0 Å². The Morgan fingerprint density at radius 1 is 1.07 bits per heavy atom. The number of benzene rings is 2. The van der Waals surface area contributed by atoms with Gasteiger partial charge in [-0.2, -0.15) is 0 Å². The summed E-state index contributed by atoms with van der Waals surface area (Å²) in [4.78, 5) is 26.8. The van der Waals surface area contributed by atoms with Crippen LogP contribution in [0.5, 0.6) is 17.2 Å². The van der Waals surface area contributed by atoms with E-state index >= 15 is 0 Å². The van der Waals surface area contributed by atoms with E-state index in [-0.39, 0.29) is 24.3 Å². The Hall–Kier alpha value is -3.22. The van der Waals surface area contributed by atoms with Crippen LogP contribution in [0, 0.1) is 5.92 Å². The zero-order valence-corrected chi connectivity index (χ0v) is 17.1. The predicted molar refractivity (Wildman–Crippen MR) is 111 cm³/mol. The van der Waals surface area contributed by atoms with Crippen molar-refractivity contribution in [2.45, 2.75) is 26.4 Å². The minimum atomic E-state index is -0.429. The second-order valence-electron chi connectivity index (χ2n) is 7.12. The van der Waals surface area contributed by atoms with Crippen LogP contribution in [0.4, 0.5) is 11.4 Å². The van der Waals surface area contributed by atoms with Crippen molar-refractivity contribution >= 4 is 23.2 Å². The topological polar surface area (TPSA) is 77.1 Å². The maximum absolute atomic E-state index is 12.7. The van der Waals surface area contributed by atoms with Crippen LogP contribution in [0.1, 0.15) is 20.3 Å². The number of carbonyl (C=O) groups excluding carboxylic acids is 2. The number of anilines is 2. The minimum Gasteiger partial charge on any atom is -0.493 e. The van der Waals surface area contributed by atoms with E-state index in [1.54, 1.807) is 49.5 Å². The van der Waals surface area contributed by atoms with Gasteiger partial charge in [-0.25, -0.2) is 0 Å². The van der Waals surface area contributed by atoms with Crippen LogP contribution in [0.25, 0.3) is 0 Å². The first-order valence-corrected chi connectivity index (χ1v) is 9.51. The molecule has 1 heterocycles. The predicted octanol–water partition coefficient (Wildman–Crippen LogP) is 3.48. The second kappa shape index (κ2) is 8.86. The molecule has 0 bridgehead atoms. The number of ether oxygens (including phenoxy) is 3. The van der Waals surface area contributed by atoms with Crippen molar-refractivity contribution in [1.82, 2.24) is 0 Å². The van der Waals surface area contributed by atoms with E-state index in [4.69, 9.17) is 14.2 Å². The first-order chi connectivity index (χ1) is 13.9. The summed E-state index contributed by atoms with van der Waals surface area (Å²) in [5.41, 5.74) is 1.35. The monoisotopic (exact) mass is 398 g/mol. The van der Waals surface area contributed by atoms with Gasteiger partial charge in [-0.15, -0.1) is 0 Å². The summed E-state index contributed by atoms with van der Waals surface area (Å²) in [7, 11) is 3.10. The molecule has 1 fully saturated rings. The van der Waals surface area contributed by atoms with Crippen molar-refractivity contribution in [2.75, 3.05) is 31.0 Å². The number of rotatable bonds is 7. The highest BCUT2D eigenvalue weighted by molar-refractivity contribution is 6.03. The third-order valence-electron chi connectivity index (χ3n) is 4.67. The molecule has 0 aliphatic carbocycles. The first-order valence-electron chi connectivity index (χ1n) is 9.51. The Labute approximate surface area is 170 Å². The van der Waals surface area contributed by atoms with Crippen molar-refractivity contribution in [3.05, 3.63) is 42.5 Å². The minimum absolute atomic E-state index is 0.0857. The Kier molecular flexibility index (Phi) is 6.26. The summed E-state index contributed by atoms with van der Waals surface area (Å²) < 4.78 is 16.1. The Bertz CT molecular complexity index is 879. The van der Waals surface area contributed by atoms with E-state index in [0.29, 0.717) is 29.4 Å². The zero-order chi connectivity index (χ0) is 21.0. The molecule has 1 N–H and O–H groups in total. The molecule has 0 spiro atoms. The highest BCUT2D eigenvalue weighted by Crippen LogP contribution is 2.34. The molecule has 0 aromatic heterocycles. The average molecular weight is 398 g/mol. The molecule has 1 aliphatic heterocycles. The van der Waals surface area contributed by atoms with Gasteiger partial charge in [0.25, 0.3) is 0 Å². The number of amides is 2. The molecule has 0 saturated carbocycles. The van der Waals surface area contributed by atoms with Crippen molar-refractivity contribution in [1.29, 1.82) is 0 Å². The smallest absolute Gasteiger partial charge is 0.229 e. The Morgan fingerprint density at radius 3 is 2.38 bits per heavy atom. The molecule has 7 nitrogen and oxygen atoms in total. The molecule has 7 heteroatoms. The molecular weight excluding hydrogens is 372 g/mol. The number of nitrogens with one attached hydrogen (secondary N) is 1. The number of hydrogen-bond donors (Lipinski definition) is 1. The molecule has 1 aliphatic rings. The van der Waals surface area contributed by atoms with Gasteiger partial charge in [0.2, 0.25) is 11.8 Å². The van der Waals surface area contributed by atoms with Crippen molar-refractivity contribution in [2.24, 2.45) is 5.92 Å². The first kappa shape index (κ1) is 20.5. The third-order valence-corrected chi connectivity index (χ3v) is 4.67. The van der Waals surface area contributed by atoms with Crippen LogP contribution in [0.2, 0.25) is 0 Å². The maximum Gasteiger partial charge on any atom is 0.229 e. The number of carbonyl (C=O) groups is 2.